The van der Waals surface area contributed by atoms with Crippen molar-refractivity contribution in [2.24, 2.45) is 15.4 Å². The summed E-state index contributed by atoms with van der Waals surface area (Å²) in [5.74, 6) is 0.568. The van der Waals surface area contributed by atoms with Crippen molar-refractivity contribution in [2.45, 2.75) is 70.4 Å². The molecular weight excluding hydrogens is 456 g/mol. The third-order valence-electron chi connectivity index (χ3n) is 6.14. The zero-order valence-corrected chi connectivity index (χ0v) is 21.6. The van der Waals surface area contributed by atoms with Crippen LogP contribution in [0.5, 0.6) is 5.75 Å². The van der Waals surface area contributed by atoms with Crippen LogP contribution in [0.4, 0.5) is 8.78 Å². The molecular formula is C26H35F2N3O2S. The van der Waals surface area contributed by atoms with Crippen LogP contribution >= 0.6 is 0 Å². The summed E-state index contributed by atoms with van der Waals surface area (Å²) in [4.78, 5) is 16.0. The lowest BCUT2D eigenvalue weighted by atomic mass is 9.88. The van der Waals surface area contributed by atoms with Crippen LogP contribution in [0.15, 0.2) is 39.6 Å². The van der Waals surface area contributed by atoms with Gasteiger partial charge in [-0.15, -0.1) is 0 Å². The average molecular weight is 492 g/mol. The zero-order chi connectivity index (χ0) is 25.2. The first kappa shape index (κ1) is 26.4. The van der Waals surface area contributed by atoms with E-state index < -0.39 is 17.5 Å². The van der Waals surface area contributed by atoms with Crippen LogP contribution in [-0.2, 0) is 28.6 Å². The Bertz CT molecular complexity index is 1090. The average Bonchev–Trinajstić information content (AvgIpc) is 3.43. The lowest BCUT2D eigenvalue weighted by Crippen LogP contribution is -2.14. The first-order chi connectivity index (χ1) is 16.0. The van der Waals surface area contributed by atoms with Crippen LogP contribution in [0.2, 0.25) is 0 Å². The van der Waals surface area contributed by atoms with Crippen molar-refractivity contribution in [3.8, 4) is 5.75 Å². The molecule has 3 rings (SSSR count). The van der Waals surface area contributed by atoms with Gasteiger partial charge in [-0.3, -0.25) is 9.93 Å². The number of ether oxygens (including phenoxy) is 1. The number of halogens is 2. The second-order valence-corrected chi connectivity index (χ2v) is 11.0. The molecule has 2 aromatic carbocycles. The molecule has 2 aromatic rings. The van der Waals surface area contributed by atoms with E-state index in [1.807, 2.05) is 47.0 Å². The van der Waals surface area contributed by atoms with E-state index in [2.05, 4.69) is 22.3 Å². The van der Waals surface area contributed by atoms with E-state index in [-0.39, 0.29) is 29.9 Å². The Hall–Kier alpha value is -2.16. The highest BCUT2D eigenvalue weighted by atomic mass is 32.2. The summed E-state index contributed by atoms with van der Waals surface area (Å²) < 4.78 is 34.8. The zero-order valence-electron chi connectivity index (χ0n) is 20.8. The highest BCUT2D eigenvalue weighted by Gasteiger charge is 2.37. The van der Waals surface area contributed by atoms with E-state index in [9.17, 15) is 13.6 Å². The van der Waals surface area contributed by atoms with E-state index in [0.717, 1.165) is 40.1 Å². The number of aryl methyl sites for hydroxylation is 1. The maximum atomic E-state index is 13.0. The molecule has 3 atom stereocenters. The van der Waals surface area contributed by atoms with Crippen LogP contribution in [0.25, 0.3) is 0 Å². The van der Waals surface area contributed by atoms with Crippen LogP contribution in [0, 0.1) is 12.8 Å². The molecule has 1 aliphatic carbocycles. The summed E-state index contributed by atoms with van der Waals surface area (Å²) in [5, 5.41) is 6.34. The van der Waals surface area contributed by atoms with Crippen molar-refractivity contribution in [2.75, 3.05) is 14.1 Å². The van der Waals surface area contributed by atoms with E-state index in [1.54, 1.807) is 12.1 Å². The second kappa shape index (κ2) is 11.1. The van der Waals surface area contributed by atoms with Crippen LogP contribution < -0.4 is 9.88 Å². The minimum Gasteiger partial charge on any atom is -0.435 e. The van der Waals surface area contributed by atoms with Crippen molar-refractivity contribution in [3.63, 3.8) is 0 Å². The van der Waals surface area contributed by atoms with Crippen molar-refractivity contribution in [1.29, 1.82) is 0 Å². The molecule has 1 fully saturated rings. The standard InChI is InChI=1S/C26H35F2N3O2S/c1-15(2)20-11-19(33-26(27)28)12-22(21-10-16(21)3)23(20)13-25(32)30-34(29)24-8-7-18(9-17(24)4)14-31(5)6/h7-9,11-12,15-16,21,26H,10,13-14H2,1-6H3,(H2,29,30,32). The van der Waals surface area contributed by atoms with E-state index >= 15 is 0 Å². The molecule has 0 heterocycles. The van der Waals surface area contributed by atoms with Crippen molar-refractivity contribution in [3.05, 3.63) is 58.1 Å². The smallest absolute Gasteiger partial charge is 0.387 e. The Balaban J connectivity index is 1.91. The Kier molecular flexibility index (Phi) is 8.60. The molecule has 3 unspecified atom stereocenters. The van der Waals surface area contributed by atoms with Crippen LogP contribution in [0.3, 0.4) is 0 Å². The highest BCUT2D eigenvalue weighted by molar-refractivity contribution is 7.85. The van der Waals surface area contributed by atoms with Gasteiger partial charge in [0.15, 0.2) is 0 Å². The van der Waals surface area contributed by atoms with Crippen LogP contribution in [-0.4, -0.2) is 31.5 Å². The largest absolute Gasteiger partial charge is 0.435 e. The number of rotatable bonds is 9. The van der Waals surface area contributed by atoms with E-state index in [4.69, 9.17) is 9.88 Å². The molecule has 1 saturated carbocycles. The third kappa shape index (κ3) is 6.71. The SMILES string of the molecule is Cc1cc(CN(C)C)ccc1/S(N)=N\C(=O)Cc1c(C(C)C)cc(OC(F)F)cc1C1CC1C. The monoisotopic (exact) mass is 491 g/mol. The Morgan fingerprint density at radius 3 is 2.47 bits per heavy atom. The molecule has 8 heteroatoms. The van der Waals surface area contributed by atoms with Gasteiger partial charge in [-0.05, 0) is 91.2 Å². The summed E-state index contributed by atoms with van der Waals surface area (Å²) in [6.07, 6.45) is 1.06. The van der Waals surface area contributed by atoms with E-state index in [1.165, 1.54) is 5.56 Å². The minimum atomic E-state index is -2.89. The van der Waals surface area contributed by atoms with Gasteiger partial charge < -0.3 is 9.64 Å². The molecule has 5 nitrogen and oxygen atoms in total. The number of carbonyl (C=O) groups is 1. The Morgan fingerprint density at radius 1 is 1.26 bits per heavy atom. The van der Waals surface area contributed by atoms with Gasteiger partial charge in [0.05, 0.1) is 6.42 Å². The lowest BCUT2D eigenvalue weighted by Gasteiger charge is -2.19. The molecule has 0 saturated heterocycles. The molecule has 1 aliphatic rings. The number of hydrogen-bond acceptors (Lipinski definition) is 3. The van der Waals surface area contributed by atoms with Gasteiger partial charge in [0.25, 0.3) is 5.91 Å². The van der Waals surface area contributed by atoms with Gasteiger partial charge in [0.2, 0.25) is 0 Å². The van der Waals surface area contributed by atoms with Crippen LogP contribution in [0.1, 0.15) is 66.8 Å². The molecule has 2 N–H and O–H groups in total. The fraction of sp³-hybridized carbons (Fsp3) is 0.500. The molecule has 1 amide bonds. The number of amides is 1. The number of nitrogens with zero attached hydrogens (tertiary/aromatic N) is 2. The number of carbonyl (C=O) groups excluding carboxylic acids is 1. The van der Waals surface area contributed by atoms with E-state index in [0.29, 0.717) is 5.92 Å². The van der Waals surface area contributed by atoms with Crippen molar-refractivity contribution < 1.29 is 18.3 Å². The number of nitrogens with two attached hydrogens (primary N) is 1. The summed E-state index contributed by atoms with van der Waals surface area (Å²) in [7, 11) is 2.96. The summed E-state index contributed by atoms with van der Waals surface area (Å²) in [6, 6.07) is 9.34. The predicted octanol–water partition coefficient (Wildman–Crippen LogP) is 5.71. The summed E-state index contributed by atoms with van der Waals surface area (Å²) >= 11 is 0. The Morgan fingerprint density at radius 2 is 1.94 bits per heavy atom. The quantitative estimate of drug-likeness (QED) is 0.488. The number of alkyl halides is 2. The van der Waals surface area contributed by atoms with Gasteiger partial charge >= 0.3 is 6.61 Å². The molecule has 0 bridgehead atoms. The lowest BCUT2D eigenvalue weighted by molar-refractivity contribution is -0.117. The number of benzene rings is 2. The third-order valence-corrected chi connectivity index (χ3v) is 7.45. The fourth-order valence-corrected chi connectivity index (χ4v) is 5.40. The maximum absolute atomic E-state index is 13.0. The summed E-state index contributed by atoms with van der Waals surface area (Å²) in [5.41, 5.74) is 4.81. The topological polar surface area (TPSA) is 67.9 Å². The van der Waals surface area contributed by atoms with Gasteiger partial charge in [0.1, 0.15) is 5.75 Å². The molecule has 0 aliphatic heterocycles. The van der Waals surface area contributed by atoms with Gasteiger partial charge in [-0.25, -0.2) is 0 Å². The fourth-order valence-electron chi connectivity index (χ4n) is 4.42. The number of hydrogen-bond donors (Lipinski definition) is 1. The highest BCUT2D eigenvalue weighted by Crippen LogP contribution is 2.50. The molecule has 34 heavy (non-hydrogen) atoms. The maximum Gasteiger partial charge on any atom is 0.387 e. The summed E-state index contributed by atoms with van der Waals surface area (Å²) in [6.45, 7) is 6.00. The molecule has 0 spiro atoms. The second-order valence-electron chi connectivity index (χ2n) is 9.75. The predicted molar refractivity (Wildman–Crippen MR) is 133 cm³/mol. The molecule has 186 valence electrons. The Labute approximate surface area is 203 Å². The van der Waals surface area contributed by atoms with Crippen molar-refractivity contribution >= 4 is 16.8 Å². The molecule has 0 aromatic heterocycles. The minimum absolute atomic E-state index is 0.0411. The molecule has 0 radical (unpaired) electrons. The first-order valence-corrected chi connectivity index (χ1v) is 12.8. The van der Waals surface area contributed by atoms with Gasteiger partial charge in [-0.2, -0.15) is 13.1 Å². The normalized spacial score (nSPS) is 18.7. The van der Waals surface area contributed by atoms with Gasteiger partial charge in [0, 0.05) is 22.3 Å². The first-order valence-electron chi connectivity index (χ1n) is 11.5. The van der Waals surface area contributed by atoms with Gasteiger partial charge in [-0.1, -0.05) is 32.9 Å². The van der Waals surface area contributed by atoms with Crippen molar-refractivity contribution in [1.82, 2.24) is 4.90 Å².